The molecule has 0 radical (unpaired) electrons. The van der Waals surface area contributed by atoms with Crippen LogP contribution in [0.2, 0.25) is 0 Å². The topological polar surface area (TPSA) is 75.6 Å². The lowest BCUT2D eigenvalue weighted by molar-refractivity contribution is 0.381. The monoisotopic (exact) mass is 446 g/mol. The quantitative estimate of drug-likeness (QED) is 0.600. The summed E-state index contributed by atoms with van der Waals surface area (Å²) < 4.78 is 58.9. The third-order valence-corrected chi connectivity index (χ3v) is 7.04. The van der Waals surface area contributed by atoms with Crippen LogP contribution in [0.5, 0.6) is 5.75 Å². The molecule has 2 heterocycles. The first-order valence-corrected chi connectivity index (χ1v) is 11.0. The van der Waals surface area contributed by atoms with Crippen molar-refractivity contribution in [3.63, 3.8) is 0 Å². The molecule has 1 aliphatic heterocycles. The highest BCUT2D eigenvalue weighted by atomic mass is 32.2. The maximum atomic E-state index is 14.0. The Hall–Kier alpha value is -3.11. The van der Waals surface area contributed by atoms with E-state index in [1.54, 1.807) is 7.11 Å². The van der Waals surface area contributed by atoms with Crippen LogP contribution in [0.3, 0.4) is 0 Å². The molecule has 3 aromatic rings. The number of piperazine rings is 1. The molecule has 2 aromatic carbocycles. The van der Waals surface area contributed by atoms with E-state index >= 15 is 0 Å². The molecule has 0 N–H and O–H groups in total. The summed E-state index contributed by atoms with van der Waals surface area (Å²) in [4.78, 5) is 1.39. The van der Waals surface area contributed by atoms with Gasteiger partial charge in [0.1, 0.15) is 22.3 Å². The molecule has 1 fully saturated rings. The smallest absolute Gasteiger partial charge is 0.246 e. The second-order valence-corrected chi connectivity index (χ2v) is 8.88. The van der Waals surface area contributed by atoms with Crippen molar-refractivity contribution in [2.24, 2.45) is 0 Å². The third-order valence-electron chi connectivity index (χ3n) is 5.11. The van der Waals surface area contributed by atoms with Gasteiger partial charge in [-0.05, 0) is 48.5 Å². The van der Waals surface area contributed by atoms with E-state index in [-0.39, 0.29) is 13.1 Å². The average Bonchev–Trinajstić information content (AvgIpc) is 2.79. The van der Waals surface area contributed by atoms with E-state index in [1.807, 2.05) is 41.3 Å². The van der Waals surface area contributed by atoms with E-state index in [0.717, 1.165) is 23.4 Å². The first-order valence-electron chi connectivity index (χ1n) is 9.57. The van der Waals surface area contributed by atoms with Gasteiger partial charge in [0, 0.05) is 37.8 Å². The first kappa shape index (κ1) is 21.1. The predicted molar refractivity (Wildman–Crippen MR) is 111 cm³/mol. The maximum Gasteiger partial charge on any atom is 0.246 e. The van der Waals surface area contributed by atoms with Gasteiger partial charge in [0.15, 0.2) is 5.82 Å². The van der Waals surface area contributed by atoms with Gasteiger partial charge in [-0.1, -0.05) is 0 Å². The molecule has 10 heteroatoms. The summed E-state index contributed by atoms with van der Waals surface area (Å²) in [7, 11) is -2.44. The van der Waals surface area contributed by atoms with E-state index < -0.39 is 26.6 Å². The fraction of sp³-hybridized carbons (Fsp3) is 0.238. The van der Waals surface area contributed by atoms with Gasteiger partial charge < -0.3 is 9.64 Å². The van der Waals surface area contributed by atoms with Crippen LogP contribution in [-0.4, -0.2) is 56.2 Å². The van der Waals surface area contributed by atoms with Crippen LogP contribution in [0.25, 0.3) is 11.3 Å². The van der Waals surface area contributed by atoms with Crippen molar-refractivity contribution < 1.29 is 21.9 Å². The highest BCUT2D eigenvalue weighted by Crippen LogP contribution is 2.24. The van der Waals surface area contributed by atoms with Gasteiger partial charge in [-0.15, -0.1) is 10.2 Å². The van der Waals surface area contributed by atoms with Crippen LogP contribution in [0.4, 0.5) is 14.6 Å². The summed E-state index contributed by atoms with van der Waals surface area (Å²) in [6.07, 6.45) is 0. The molecule has 7 nitrogen and oxygen atoms in total. The Labute approximate surface area is 178 Å². The average molecular weight is 446 g/mol. The molecular weight excluding hydrogens is 426 g/mol. The van der Waals surface area contributed by atoms with Crippen LogP contribution in [-0.2, 0) is 10.0 Å². The van der Waals surface area contributed by atoms with Gasteiger partial charge in [0.05, 0.1) is 12.8 Å². The van der Waals surface area contributed by atoms with Crippen LogP contribution >= 0.6 is 0 Å². The summed E-state index contributed by atoms with van der Waals surface area (Å²) in [6.45, 7) is 1.05. The number of ether oxygens (including phenoxy) is 1. The van der Waals surface area contributed by atoms with E-state index in [4.69, 9.17) is 4.74 Å². The number of nitrogens with zero attached hydrogens (tertiary/aromatic N) is 4. The lowest BCUT2D eigenvalue weighted by atomic mass is 10.1. The van der Waals surface area contributed by atoms with Gasteiger partial charge >= 0.3 is 0 Å². The summed E-state index contributed by atoms with van der Waals surface area (Å²) in [5.41, 5.74) is 1.61. The van der Waals surface area contributed by atoms with Gasteiger partial charge in [-0.25, -0.2) is 17.2 Å². The number of anilines is 1. The number of benzene rings is 2. The predicted octanol–water partition coefficient (Wildman–Crippen LogP) is 2.94. The van der Waals surface area contributed by atoms with Crippen LogP contribution in [0, 0.1) is 11.6 Å². The first-order chi connectivity index (χ1) is 14.9. The Morgan fingerprint density at radius 2 is 1.61 bits per heavy atom. The maximum absolute atomic E-state index is 14.0. The molecular formula is C21H20F2N4O3S. The fourth-order valence-corrected chi connectivity index (χ4v) is 4.86. The second-order valence-electron chi connectivity index (χ2n) is 6.97. The number of hydrogen-bond acceptors (Lipinski definition) is 6. The van der Waals surface area contributed by atoms with Crippen molar-refractivity contribution in [3.05, 3.63) is 66.2 Å². The minimum Gasteiger partial charge on any atom is -0.497 e. The molecule has 0 saturated carbocycles. The van der Waals surface area contributed by atoms with Gasteiger partial charge in [-0.3, -0.25) is 0 Å². The lowest BCUT2D eigenvalue weighted by Crippen LogP contribution is -2.49. The van der Waals surface area contributed by atoms with Gasteiger partial charge in [0.2, 0.25) is 10.0 Å². The molecule has 0 aliphatic carbocycles. The Morgan fingerprint density at radius 3 is 2.19 bits per heavy atom. The van der Waals surface area contributed by atoms with Crippen molar-refractivity contribution in [2.45, 2.75) is 4.90 Å². The van der Waals surface area contributed by atoms with Crippen LogP contribution in [0.15, 0.2) is 59.5 Å². The molecule has 4 rings (SSSR count). The summed E-state index contributed by atoms with van der Waals surface area (Å²) in [5.74, 6) is -0.538. The van der Waals surface area contributed by atoms with Gasteiger partial charge in [-0.2, -0.15) is 4.31 Å². The zero-order chi connectivity index (χ0) is 22.0. The highest BCUT2D eigenvalue weighted by Gasteiger charge is 2.31. The highest BCUT2D eigenvalue weighted by molar-refractivity contribution is 7.89. The van der Waals surface area contributed by atoms with Crippen molar-refractivity contribution in [1.82, 2.24) is 14.5 Å². The summed E-state index contributed by atoms with van der Waals surface area (Å²) >= 11 is 0. The number of methoxy groups -OCH3 is 1. The molecule has 1 aliphatic rings. The standard InChI is InChI=1S/C21H20F2N4O3S/c1-30-17-5-2-15(3-6-17)19-7-9-21(25-24-19)26-10-12-27(13-11-26)31(28,29)20-8-4-16(22)14-18(20)23/h2-9,14H,10-13H2,1H3. The van der Waals surface area contributed by atoms with Crippen LogP contribution in [0.1, 0.15) is 0 Å². The number of halogens is 2. The molecule has 1 aromatic heterocycles. The molecule has 0 unspecified atom stereocenters. The third kappa shape index (κ3) is 4.35. The van der Waals surface area contributed by atoms with E-state index in [1.165, 1.54) is 4.31 Å². The van der Waals surface area contributed by atoms with Crippen LogP contribution < -0.4 is 9.64 Å². The zero-order valence-electron chi connectivity index (χ0n) is 16.7. The lowest BCUT2D eigenvalue weighted by Gasteiger charge is -2.34. The zero-order valence-corrected chi connectivity index (χ0v) is 17.5. The van der Waals surface area contributed by atoms with E-state index in [9.17, 15) is 17.2 Å². The fourth-order valence-electron chi connectivity index (χ4n) is 3.39. The minimum absolute atomic E-state index is 0.154. The Balaban J connectivity index is 1.43. The molecule has 0 atom stereocenters. The van der Waals surface area contributed by atoms with Crippen molar-refractivity contribution >= 4 is 15.8 Å². The van der Waals surface area contributed by atoms with Crippen molar-refractivity contribution in [2.75, 3.05) is 38.2 Å². The van der Waals surface area contributed by atoms with Gasteiger partial charge in [0.25, 0.3) is 0 Å². The molecule has 162 valence electrons. The summed E-state index contributed by atoms with van der Waals surface area (Å²) in [6, 6.07) is 13.6. The Kier molecular flexibility index (Phi) is 5.84. The number of aromatic nitrogens is 2. The number of rotatable bonds is 5. The van der Waals surface area contributed by atoms with Crippen molar-refractivity contribution in [3.8, 4) is 17.0 Å². The SMILES string of the molecule is COc1ccc(-c2ccc(N3CCN(S(=O)(=O)c4ccc(F)cc4F)CC3)nn2)cc1. The Morgan fingerprint density at radius 1 is 0.903 bits per heavy atom. The van der Waals surface area contributed by atoms with Crippen molar-refractivity contribution in [1.29, 1.82) is 0 Å². The molecule has 1 saturated heterocycles. The number of sulfonamides is 1. The molecule has 0 amide bonds. The normalized spacial score (nSPS) is 15.1. The van der Waals surface area contributed by atoms with E-state index in [2.05, 4.69) is 10.2 Å². The largest absolute Gasteiger partial charge is 0.497 e. The summed E-state index contributed by atoms with van der Waals surface area (Å²) in [5, 5.41) is 8.53. The second kappa shape index (κ2) is 8.56. The molecule has 0 bridgehead atoms. The molecule has 31 heavy (non-hydrogen) atoms. The number of hydrogen-bond donors (Lipinski definition) is 0. The molecule has 0 spiro atoms. The Bertz CT molecular complexity index is 1160. The van der Waals surface area contributed by atoms with E-state index in [0.29, 0.717) is 30.7 Å². The minimum atomic E-state index is -4.04.